The molecule has 1 aromatic rings. The summed E-state index contributed by atoms with van der Waals surface area (Å²) in [5.41, 5.74) is 3.27. The second-order valence-corrected chi connectivity index (χ2v) is 7.06. The highest BCUT2D eigenvalue weighted by Crippen LogP contribution is 2.52. The molecule has 132 valence electrons. The third-order valence-corrected chi connectivity index (χ3v) is 5.86. The molecule has 1 saturated heterocycles. The quantitative estimate of drug-likeness (QED) is 0.844. The molecule has 0 aromatic heterocycles. The maximum atomic E-state index is 12.3. The molecule has 0 N–H and O–H groups in total. The van der Waals surface area contributed by atoms with Crippen molar-refractivity contribution >= 4 is 5.78 Å². The van der Waals surface area contributed by atoms with Crippen LogP contribution in [0.2, 0.25) is 0 Å². The Hall–Kier alpha value is -2.27. The summed E-state index contributed by atoms with van der Waals surface area (Å²) < 4.78 is 16.4. The zero-order chi connectivity index (χ0) is 17.8. The molecule has 0 saturated carbocycles. The van der Waals surface area contributed by atoms with Crippen molar-refractivity contribution in [1.29, 1.82) is 0 Å². The molecule has 1 fully saturated rings. The Bertz CT molecular complexity index is 810. The van der Waals surface area contributed by atoms with E-state index in [1.165, 1.54) is 11.1 Å². The van der Waals surface area contributed by atoms with Gasteiger partial charge in [-0.1, -0.05) is 0 Å². The topological polar surface area (TPSA) is 48.0 Å². The van der Waals surface area contributed by atoms with Gasteiger partial charge in [-0.3, -0.25) is 9.69 Å². The van der Waals surface area contributed by atoms with Crippen LogP contribution in [0.3, 0.4) is 0 Å². The van der Waals surface area contributed by atoms with Crippen molar-refractivity contribution in [3.63, 3.8) is 0 Å². The average Bonchev–Trinajstić information content (AvgIpc) is 2.62. The molecule has 1 heterocycles. The fraction of sp³-hybridized carbons (Fsp3) is 0.450. The number of hydrogen-bond acceptors (Lipinski definition) is 5. The molecule has 2 aliphatic carbocycles. The number of carbonyl (C=O) groups excluding carboxylic acids is 1. The lowest BCUT2D eigenvalue weighted by Crippen LogP contribution is -2.53. The van der Waals surface area contributed by atoms with Gasteiger partial charge in [0.1, 0.15) is 0 Å². The van der Waals surface area contributed by atoms with Crippen LogP contribution in [0.1, 0.15) is 17.5 Å². The Balaban J connectivity index is 1.98. The summed E-state index contributed by atoms with van der Waals surface area (Å²) in [5.74, 6) is 1.84. The van der Waals surface area contributed by atoms with Crippen LogP contribution in [0.25, 0.3) is 0 Å². The number of benzene rings is 1. The molecule has 2 bridgehead atoms. The minimum absolute atomic E-state index is 0.0532. The Morgan fingerprint density at radius 3 is 2.52 bits per heavy atom. The predicted octanol–water partition coefficient (Wildman–Crippen LogP) is 2.24. The third kappa shape index (κ3) is 2.22. The Labute approximate surface area is 147 Å². The number of likely N-dealkylation sites (tertiary alicyclic amines) is 1. The summed E-state index contributed by atoms with van der Waals surface area (Å²) >= 11 is 0. The number of fused-ring (bicyclic) bond motifs is 2. The number of ketones is 1. The predicted molar refractivity (Wildman–Crippen MR) is 94.1 cm³/mol. The minimum Gasteiger partial charge on any atom is -0.493 e. The summed E-state index contributed by atoms with van der Waals surface area (Å²) in [6, 6.07) is 4.57. The number of hydrogen-bond donors (Lipinski definition) is 0. The van der Waals surface area contributed by atoms with E-state index in [4.69, 9.17) is 14.2 Å². The van der Waals surface area contributed by atoms with Crippen LogP contribution in [-0.4, -0.2) is 51.6 Å². The number of rotatable bonds is 3. The van der Waals surface area contributed by atoms with Gasteiger partial charge in [0.25, 0.3) is 0 Å². The van der Waals surface area contributed by atoms with Crippen LogP contribution in [0.4, 0.5) is 0 Å². The lowest BCUT2D eigenvalue weighted by molar-refractivity contribution is -0.114. The third-order valence-electron chi connectivity index (χ3n) is 5.86. The van der Waals surface area contributed by atoms with Crippen LogP contribution < -0.4 is 9.47 Å². The van der Waals surface area contributed by atoms with Gasteiger partial charge in [0, 0.05) is 18.0 Å². The van der Waals surface area contributed by atoms with Gasteiger partial charge in [-0.05, 0) is 60.9 Å². The summed E-state index contributed by atoms with van der Waals surface area (Å²) in [7, 11) is 7.00. The molecule has 1 aliphatic heterocycles. The molecule has 5 nitrogen and oxygen atoms in total. The Morgan fingerprint density at radius 1 is 1.12 bits per heavy atom. The van der Waals surface area contributed by atoms with Crippen LogP contribution >= 0.6 is 0 Å². The van der Waals surface area contributed by atoms with Crippen LogP contribution in [-0.2, 0) is 21.4 Å². The first-order valence-corrected chi connectivity index (χ1v) is 8.50. The fourth-order valence-electron chi connectivity index (χ4n) is 4.56. The van der Waals surface area contributed by atoms with E-state index >= 15 is 0 Å². The molecule has 0 amide bonds. The van der Waals surface area contributed by atoms with Crippen molar-refractivity contribution in [3.8, 4) is 11.5 Å². The van der Waals surface area contributed by atoms with Gasteiger partial charge in [-0.25, -0.2) is 0 Å². The van der Waals surface area contributed by atoms with Crippen molar-refractivity contribution < 1.29 is 19.0 Å². The van der Waals surface area contributed by atoms with E-state index in [-0.39, 0.29) is 11.2 Å². The Morgan fingerprint density at radius 2 is 1.84 bits per heavy atom. The first-order valence-electron chi connectivity index (χ1n) is 8.50. The monoisotopic (exact) mass is 341 g/mol. The average molecular weight is 341 g/mol. The van der Waals surface area contributed by atoms with Gasteiger partial charge in [-0.2, -0.15) is 0 Å². The van der Waals surface area contributed by atoms with Crippen molar-refractivity contribution in [2.24, 2.45) is 0 Å². The Kier molecular flexibility index (Phi) is 3.65. The number of nitrogens with zero attached hydrogens (tertiary/aromatic N) is 1. The number of piperidine rings is 1. The van der Waals surface area contributed by atoms with Gasteiger partial charge in [0.05, 0.1) is 21.3 Å². The first kappa shape index (κ1) is 16.2. The van der Waals surface area contributed by atoms with Crippen molar-refractivity contribution in [1.82, 2.24) is 4.90 Å². The molecule has 1 spiro atoms. The highest BCUT2D eigenvalue weighted by molar-refractivity contribution is 6.05. The first-order chi connectivity index (χ1) is 12.0. The second-order valence-electron chi connectivity index (χ2n) is 7.06. The highest BCUT2D eigenvalue weighted by Gasteiger charge is 2.49. The number of allylic oxidation sites excluding steroid dienone is 2. The molecular weight excluding hydrogens is 318 g/mol. The van der Waals surface area contributed by atoms with E-state index in [2.05, 4.69) is 24.1 Å². The van der Waals surface area contributed by atoms with E-state index in [9.17, 15) is 4.79 Å². The van der Waals surface area contributed by atoms with E-state index < -0.39 is 0 Å². The number of methoxy groups -OCH3 is 3. The van der Waals surface area contributed by atoms with Crippen molar-refractivity contribution in [2.45, 2.75) is 24.3 Å². The summed E-state index contributed by atoms with van der Waals surface area (Å²) in [6.07, 6.45) is 5.69. The van der Waals surface area contributed by atoms with Crippen LogP contribution in [0, 0.1) is 0 Å². The van der Waals surface area contributed by atoms with E-state index in [0.717, 1.165) is 36.5 Å². The van der Waals surface area contributed by atoms with Crippen LogP contribution in [0.15, 0.2) is 35.6 Å². The van der Waals surface area contributed by atoms with Gasteiger partial charge in [0.2, 0.25) is 5.78 Å². The van der Waals surface area contributed by atoms with Crippen molar-refractivity contribution in [2.75, 3.05) is 34.9 Å². The van der Waals surface area contributed by atoms with E-state index in [1.807, 2.05) is 6.08 Å². The van der Waals surface area contributed by atoms with Crippen LogP contribution in [0.5, 0.6) is 11.5 Å². The van der Waals surface area contributed by atoms with Gasteiger partial charge < -0.3 is 14.2 Å². The molecule has 2 atom stereocenters. The number of ether oxygens (including phenoxy) is 3. The maximum Gasteiger partial charge on any atom is 0.220 e. The summed E-state index contributed by atoms with van der Waals surface area (Å²) in [5, 5.41) is 0. The SMILES string of the molecule is COC1=CC23CC(Cc4cc(OC)c(OC)cc42)N(C)CC3=CC1=O. The van der Waals surface area contributed by atoms with E-state index in [0.29, 0.717) is 11.8 Å². The number of likely N-dealkylation sites (N-methyl/N-ethyl adjacent to an activating group) is 1. The maximum absolute atomic E-state index is 12.3. The molecule has 2 unspecified atom stereocenters. The van der Waals surface area contributed by atoms with Crippen molar-refractivity contribution in [3.05, 3.63) is 46.7 Å². The standard InChI is InChI=1S/C20H23NO4/c1-21-11-13-7-16(22)19(25-4)10-20(13)9-14(21)5-12-6-17(23-2)18(24-3)8-15(12)20/h6-8,10,14H,5,9,11H2,1-4H3. The lowest BCUT2D eigenvalue weighted by Gasteiger charge is -2.51. The zero-order valence-electron chi connectivity index (χ0n) is 15.1. The molecule has 5 heteroatoms. The van der Waals surface area contributed by atoms with Gasteiger partial charge >= 0.3 is 0 Å². The summed E-state index contributed by atoms with van der Waals surface area (Å²) in [6.45, 7) is 0.789. The summed E-state index contributed by atoms with van der Waals surface area (Å²) in [4.78, 5) is 14.7. The molecule has 25 heavy (non-hydrogen) atoms. The smallest absolute Gasteiger partial charge is 0.220 e. The number of carbonyl (C=O) groups is 1. The lowest BCUT2D eigenvalue weighted by atomic mass is 9.59. The zero-order valence-corrected chi connectivity index (χ0v) is 15.1. The van der Waals surface area contributed by atoms with Gasteiger partial charge in [0.15, 0.2) is 17.3 Å². The minimum atomic E-state index is -0.302. The normalized spacial score (nSPS) is 27.7. The molecule has 1 aromatic carbocycles. The highest BCUT2D eigenvalue weighted by atomic mass is 16.5. The molecule has 0 radical (unpaired) electrons. The van der Waals surface area contributed by atoms with E-state index in [1.54, 1.807) is 27.4 Å². The second kappa shape index (κ2) is 5.63. The largest absolute Gasteiger partial charge is 0.493 e. The van der Waals surface area contributed by atoms with Gasteiger partial charge in [-0.15, -0.1) is 0 Å². The molecule has 4 rings (SSSR count). The fourth-order valence-corrected chi connectivity index (χ4v) is 4.56. The molecular formula is C20H23NO4. The molecule has 3 aliphatic rings.